The summed E-state index contributed by atoms with van der Waals surface area (Å²) in [5, 5.41) is 0. The molecule has 6 nitrogen and oxygen atoms in total. The van der Waals surface area contributed by atoms with E-state index >= 15 is 0 Å². The maximum Gasteiger partial charge on any atom is 0.149 e. The van der Waals surface area contributed by atoms with Gasteiger partial charge >= 0.3 is 0 Å². The second-order valence-electron chi connectivity index (χ2n) is 4.30. The molecule has 3 aliphatic heterocycles. The molecule has 1 unspecified atom stereocenters. The van der Waals surface area contributed by atoms with Crippen molar-refractivity contribution in [3.63, 3.8) is 0 Å². The molecule has 0 aromatic carbocycles. The molecule has 3 N–H and O–H groups in total. The van der Waals surface area contributed by atoms with Crippen molar-refractivity contribution >= 4 is 5.82 Å². The van der Waals surface area contributed by atoms with E-state index in [1.807, 2.05) is 0 Å². The fraction of sp³-hybridized carbons (Fsp3) is 0.600. The molecule has 3 aliphatic rings. The highest BCUT2D eigenvalue weighted by atomic mass is 15.4. The van der Waals surface area contributed by atoms with Crippen LogP contribution in [0.1, 0.15) is 11.9 Å². The summed E-state index contributed by atoms with van der Waals surface area (Å²) in [5.74, 6) is 6.92. The summed E-state index contributed by atoms with van der Waals surface area (Å²) in [6.07, 6.45) is 1.76. The highest BCUT2D eigenvalue weighted by Gasteiger charge is 2.34. The Balaban J connectivity index is 1.86. The third-order valence-electron chi connectivity index (χ3n) is 3.40. The van der Waals surface area contributed by atoms with E-state index in [4.69, 9.17) is 5.84 Å². The quantitative estimate of drug-likeness (QED) is 0.514. The second kappa shape index (κ2) is 3.97. The zero-order valence-corrected chi connectivity index (χ0v) is 9.13. The number of hydrogen-bond acceptors (Lipinski definition) is 6. The fourth-order valence-electron chi connectivity index (χ4n) is 2.48. The van der Waals surface area contributed by atoms with Gasteiger partial charge in [-0.25, -0.2) is 15.8 Å². The summed E-state index contributed by atoms with van der Waals surface area (Å²) in [7, 11) is 0. The Morgan fingerprint density at radius 2 is 2.12 bits per heavy atom. The molecule has 4 rings (SSSR count). The molecule has 86 valence electrons. The van der Waals surface area contributed by atoms with Gasteiger partial charge in [-0.2, -0.15) is 0 Å². The smallest absolute Gasteiger partial charge is 0.149 e. The standard InChI is InChI=1S/C10H16N6/c11-14-9-1-2-12-10(13-9)8-7-15-3-5-16(8)6-4-15/h1-2,8H,3-7,11H2,(H,12,13,14). The van der Waals surface area contributed by atoms with Crippen molar-refractivity contribution in [2.24, 2.45) is 5.84 Å². The van der Waals surface area contributed by atoms with Crippen LogP contribution in [-0.2, 0) is 0 Å². The van der Waals surface area contributed by atoms with E-state index in [0.29, 0.717) is 11.9 Å². The predicted molar refractivity (Wildman–Crippen MR) is 60.6 cm³/mol. The molecule has 1 aromatic rings. The van der Waals surface area contributed by atoms with Crippen LogP contribution < -0.4 is 11.3 Å². The van der Waals surface area contributed by atoms with Gasteiger partial charge < -0.3 is 5.43 Å². The van der Waals surface area contributed by atoms with Crippen LogP contribution in [0, 0.1) is 0 Å². The summed E-state index contributed by atoms with van der Waals surface area (Å²) in [6.45, 7) is 5.62. The number of anilines is 1. The van der Waals surface area contributed by atoms with Crippen molar-refractivity contribution in [3.8, 4) is 0 Å². The fourth-order valence-corrected chi connectivity index (χ4v) is 2.48. The molecule has 1 aromatic heterocycles. The topological polar surface area (TPSA) is 70.3 Å². The Morgan fingerprint density at radius 1 is 1.31 bits per heavy atom. The van der Waals surface area contributed by atoms with E-state index in [1.54, 1.807) is 12.3 Å². The number of aromatic nitrogens is 2. The van der Waals surface area contributed by atoms with Crippen molar-refractivity contribution in [2.75, 3.05) is 38.1 Å². The van der Waals surface area contributed by atoms with Crippen molar-refractivity contribution in [3.05, 3.63) is 18.1 Å². The van der Waals surface area contributed by atoms with Crippen LogP contribution in [0.5, 0.6) is 0 Å². The molecule has 6 heteroatoms. The SMILES string of the molecule is NNc1ccnc(C2CN3CCN2CC3)n1. The van der Waals surface area contributed by atoms with E-state index in [0.717, 1.165) is 25.5 Å². The minimum absolute atomic E-state index is 0.329. The van der Waals surface area contributed by atoms with E-state index < -0.39 is 0 Å². The van der Waals surface area contributed by atoms with Crippen LogP contribution in [0.25, 0.3) is 0 Å². The lowest BCUT2D eigenvalue weighted by Gasteiger charge is -2.46. The molecule has 1 atom stereocenters. The lowest BCUT2D eigenvalue weighted by molar-refractivity contribution is 0.00870. The van der Waals surface area contributed by atoms with Gasteiger partial charge in [0.25, 0.3) is 0 Å². The molecule has 4 heterocycles. The Bertz CT molecular complexity index is 373. The van der Waals surface area contributed by atoms with E-state index in [-0.39, 0.29) is 0 Å². The molecule has 2 bridgehead atoms. The van der Waals surface area contributed by atoms with Gasteiger partial charge in [0.1, 0.15) is 11.6 Å². The summed E-state index contributed by atoms with van der Waals surface area (Å²) in [6, 6.07) is 2.11. The number of fused-ring (bicyclic) bond motifs is 3. The number of nitrogens with one attached hydrogen (secondary N) is 1. The number of hydrogen-bond donors (Lipinski definition) is 2. The zero-order chi connectivity index (χ0) is 11.0. The van der Waals surface area contributed by atoms with Crippen molar-refractivity contribution < 1.29 is 0 Å². The molecule has 0 radical (unpaired) electrons. The lowest BCUT2D eigenvalue weighted by Crippen LogP contribution is -2.57. The first-order valence-corrected chi connectivity index (χ1v) is 5.63. The zero-order valence-electron chi connectivity index (χ0n) is 9.13. The van der Waals surface area contributed by atoms with Crippen molar-refractivity contribution in [2.45, 2.75) is 6.04 Å². The molecule has 0 aliphatic carbocycles. The molecular weight excluding hydrogens is 204 g/mol. The average Bonchev–Trinajstić information content (AvgIpc) is 2.40. The van der Waals surface area contributed by atoms with Crippen LogP contribution in [0.15, 0.2) is 12.3 Å². The van der Waals surface area contributed by atoms with E-state index in [9.17, 15) is 0 Å². The normalized spacial score (nSPS) is 32.7. The van der Waals surface area contributed by atoms with Crippen LogP contribution in [-0.4, -0.2) is 52.5 Å². The molecular formula is C10H16N6. The van der Waals surface area contributed by atoms with E-state index in [2.05, 4.69) is 25.2 Å². The highest BCUT2D eigenvalue weighted by Crippen LogP contribution is 2.26. The molecule has 3 saturated heterocycles. The predicted octanol–water partition coefficient (Wildman–Crippen LogP) is -0.566. The first-order valence-electron chi connectivity index (χ1n) is 5.63. The minimum atomic E-state index is 0.329. The minimum Gasteiger partial charge on any atom is -0.308 e. The van der Waals surface area contributed by atoms with Crippen LogP contribution in [0.2, 0.25) is 0 Å². The van der Waals surface area contributed by atoms with Gasteiger partial charge in [0.2, 0.25) is 0 Å². The van der Waals surface area contributed by atoms with Gasteiger partial charge in [0, 0.05) is 45.0 Å². The van der Waals surface area contributed by atoms with Crippen LogP contribution in [0.4, 0.5) is 5.82 Å². The number of nitrogen functional groups attached to an aromatic ring is 1. The third-order valence-corrected chi connectivity index (χ3v) is 3.40. The number of rotatable bonds is 2. The van der Waals surface area contributed by atoms with Crippen molar-refractivity contribution in [1.29, 1.82) is 0 Å². The number of piperazine rings is 3. The Hall–Kier alpha value is -1.24. The molecule has 0 spiro atoms. The van der Waals surface area contributed by atoms with Gasteiger partial charge in [-0.05, 0) is 0 Å². The third kappa shape index (κ3) is 1.64. The monoisotopic (exact) mass is 220 g/mol. The van der Waals surface area contributed by atoms with Gasteiger partial charge in [-0.1, -0.05) is 0 Å². The van der Waals surface area contributed by atoms with Gasteiger partial charge in [-0.3, -0.25) is 9.80 Å². The molecule has 0 amide bonds. The maximum atomic E-state index is 5.36. The first kappa shape index (κ1) is 9.95. The molecule has 16 heavy (non-hydrogen) atoms. The number of nitrogens with two attached hydrogens (primary N) is 1. The number of nitrogens with zero attached hydrogens (tertiary/aromatic N) is 4. The summed E-state index contributed by atoms with van der Waals surface area (Å²) >= 11 is 0. The summed E-state index contributed by atoms with van der Waals surface area (Å²) in [5.41, 5.74) is 2.57. The van der Waals surface area contributed by atoms with Gasteiger partial charge in [0.05, 0.1) is 6.04 Å². The Morgan fingerprint density at radius 3 is 2.75 bits per heavy atom. The largest absolute Gasteiger partial charge is 0.308 e. The highest BCUT2D eigenvalue weighted by molar-refractivity contribution is 5.31. The van der Waals surface area contributed by atoms with Gasteiger partial charge in [0.15, 0.2) is 0 Å². The van der Waals surface area contributed by atoms with Crippen LogP contribution in [0.3, 0.4) is 0 Å². The average molecular weight is 220 g/mol. The van der Waals surface area contributed by atoms with E-state index in [1.165, 1.54) is 13.1 Å². The Labute approximate surface area is 94.4 Å². The van der Waals surface area contributed by atoms with Crippen molar-refractivity contribution in [1.82, 2.24) is 19.8 Å². The second-order valence-corrected chi connectivity index (χ2v) is 4.30. The Kier molecular flexibility index (Phi) is 2.47. The first-order chi connectivity index (χ1) is 7.86. The summed E-state index contributed by atoms with van der Waals surface area (Å²) < 4.78 is 0. The molecule has 3 fully saturated rings. The van der Waals surface area contributed by atoms with Gasteiger partial charge in [-0.15, -0.1) is 0 Å². The number of hydrazine groups is 1. The molecule has 0 saturated carbocycles. The maximum absolute atomic E-state index is 5.36. The lowest BCUT2D eigenvalue weighted by atomic mass is 10.1. The summed E-state index contributed by atoms with van der Waals surface area (Å²) in [4.78, 5) is 13.7. The van der Waals surface area contributed by atoms with Crippen LogP contribution >= 0.6 is 0 Å².